The van der Waals surface area contributed by atoms with Crippen LogP contribution in [0.1, 0.15) is 43.7 Å². The molecule has 21 heavy (non-hydrogen) atoms. The standard InChI is InChI=1S/C17H24F3N/c1-12-5-3-7-14(9-12)16(21-2)11-13-6-4-8-15(10-13)17(18,19)20/h4,6,8,10,12,14,16,21H,3,5,7,9,11H2,1-2H3. The molecule has 1 aromatic carbocycles. The Bertz CT molecular complexity index is 456. The average Bonchev–Trinajstić information content (AvgIpc) is 2.44. The van der Waals surface area contributed by atoms with E-state index in [2.05, 4.69) is 12.2 Å². The first kappa shape index (κ1) is 16.3. The largest absolute Gasteiger partial charge is 0.416 e. The molecule has 1 aliphatic carbocycles. The van der Waals surface area contributed by atoms with Crippen molar-refractivity contribution in [2.45, 2.75) is 51.2 Å². The molecule has 1 N–H and O–H groups in total. The van der Waals surface area contributed by atoms with E-state index in [0.29, 0.717) is 12.3 Å². The number of nitrogens with one attached hydrogen (secondary N) is 1. The van der Waals surface area contributed by atoms with E-state index in [9.17, 15) is 13.2 Å². The van der Waals surface area contributed by atoms with Crippen molar-refractivity contribution in [2.24, 2.45) is 11.8 Å². The highest BCUT2D eigenvalue weighted by atomic mass is 19.4. The van der Waals surface area contributed by atoms with Gasteiger partial charge in [0.25, 0.3) is 0 Å². The van der Waals surface area contributed by atoms with Gasteiger partial charge in [0.05, 0.1) is 5.56 Å². The van der Waals surface area contributed by atoms with Crippen molar-refractivity contribution in [1.29, 1.82) is 0 Å². The highest BCUT2D eigenvalue weighted by Crippen LogP contribution is 2.33. The highest BCUT2D eigenvalue weighted by molar-refractivity contribution is 5.26. The number of likely N-dealkylation sites (N-methyl/N-ethyl adjacent to an activating group) is 1. The predicted octanol–water partition coefficient (Wildman–Crippen LogP) is 4.66. The van der Waals surface area contributed by atoms with Crippen LogP contribution in [0, 0.1) is 11.8 Å². The van der Waals surface area contributed by atoms with Gasteiger partial charge in [0, 0.05) is 6.04 Å². The fourth-order valence-corrected chi connectivity index (χ4v) is 3.48. The third kappa shape index (κ3) is 4.47. The summed E-state index contributed by atoms with van der Waals surface area (Å²) >= 11 is 0. The van der Waals surface area contributed by atoms with Crippen LogP contribution in [-0.2, 0) is 12.6 Å². The van der Waals surface area contributed by atoms with Crippen molar-refractivity contribution in [1.82, 2.24) is 5.32 Å². The maximum Gasteiger partial charge on any atom is 0.416 e. The van der Waals surface area contributed by atoms with E-state index < -0.39 is 11.7 Å². The minimum Gasteiger partial charge on any atom is -0.316 e. The number of rotatable bonds is 4. The Morgan fingerprint density at radius 2 is 2.05 bits per heavy atom. The molecule has 0 aromatic heterocycles. The van der Waals surface area contributed by atoms with E-state index in [0.717, 1.165) is 17.5 Å². The van der Waals surface area contributed by atoms with E-state index in [1.807, 2.05) is 7.05 Å². The van der Waals surface area contributed by atoms with Gasteiger partial charge in [0.2, 0.25) is 0 Å². The van der Waals surface area contributed by atoms with Crippen molar-refractivity contribution in [2.75, 3.05) is 7.05 Å². The van der Waals surface area contributed by atoms with E-state index in [1.54, 1.807) is 6.07 Å². The van der Waals surface area contributed by atoms with Crippen LogP contribution in [0.5, 0.6) is 0 Å². The maximum atomic E-state index is 12.8. The molecule has 1 nitrogen and oxygen atoms in total. The molecular formula is C17H24F3N. The van der Waals surface area contributed by atoms with Gasteiger partial charge in [0.15, 0.2) is 0 Å². The Labute approximate surface area is 124 Å². The van der Waals surface area contributed by atoms with E-state index in [1.165, 1.54) is 37.8 Å². The third-order valence-corrected chi connectivity index (χ3v) is 4.63. The van der Waals surface area contributed by atoms with Crippen LogP contribution in [0.25, 0.3) is 0 Å². The highest BCUT2D eigenvalue weighted by Gasteiger charge is 2.31. The van der Waals surface area contributed by atoms with Crippen LogP contribution in [0.4, 0.5) is 13.2 Å². The summed E-state index contributed by atoms with van der Waals surface area (Å²) in [4.78, 5) is 0. The smallest absolute Gasteiger partial charge is 0.316 e. The molecule has 0 saturated heterocycles. The van der Waals surface area contributed by atoms with Gasteiger partial charge in [-0.2, -0.15) is 13.2 Å². The lowest BCUT2D eigenvalue weighted by molar-refractivity contribution is -0.137. The van der Waals surface area contributed by atoms with Crippen molar-refractivity contribution in [3.63, 3.8) is 0 Å². The summed E-state index contributed by atoms with van der Waals surface area (Å²) < 4.78 is 38.3. The zero-order chi connectivity index (χ0) is 15.5. The van der Waals surface area contributed by atoms with E-state index in [-0.39, 0.29) is 6.04 Å². The number of halogens is 3. The molecule has 1 aromatic rings. The van der Waals surface area contributed by atoms with Gasteiger partial charge in [-0.3, -0.25) is 0 Å². The van der Waals surface area contributed by atoms with Crippen LogP contribution in [0.15, 0.2) is 24.3 Å². The van der Waals surface area contributed by atoms with Crippen LogP contribution < -0.4 is 5.32 Å². The van der Waals surface area contributed by atoms with E-state index in [4.69, 9.17) is 0 Å². The number of alkyl halides is 3. The first-order chi connectivity index (χ1) is 9.90. The molecule has 1 fully saturated rings. The van der Waals surface area contributed by atoms with Crippen LogP contribution in [-0.4, -0.2) is 13.1 Å². The van der Waals surface area contributed by atoms with Crippen molar-refractivity contribution in [3.8, 4) is 0 Å². The summed E-state index contributed by atoms with van der Waals surface area (Å²) in [5.41, 5.74) is 0.217. The minimum absolute atomic E-state index is 0.260. The summed E-state index contributed by atoms with van der Waals surface area (Å²) in [6.45, 7) is 2.27. The minimum atomic E-state index is -4.26. The first-order valence-electron chi connectivity index (χ1n) is 7.73. The SMILES string of the molecule is CNC(Cc1cccc(C(F)(F)F)c1)C1CCCC(C)C1. The molecule has 3 atom stereocenters. The Kier molecular flexibility index (Phi) is 5.31. The Morgan fingerprint density at radius 3 is 2.67 bits per heavy atom. The fourth-order valence-electron chi connectivity index (χ4n) is 3.48. The summed E-state index contributed by atoms with van der Waals surface area (Å²) in [6, 6.07) is 5.99. The zero-order valence-corrected chi connectivity index (χ0v) is 12.7. The fraction of sp³-hybridized carbons (Fsp3) is 0.647. The molecule has 0 heterocycles. The molecule has 0 spiro atoms. The van der Waals surface area contributed by atoms with Gasteiger partial charge in [-0.25, -0.2) is 0 Å². The zero-order valence-electron chi connectivity index (χ0n) is 12.7. The summed E-state index contributed by atoms with van der Waals surface area (Å²) in [5, 5.41) is 3.32. The molecule has 4 heteroatoms. The molecule has 118 valence electrons. The Morgan fingerprint density at radius 1 is 1.29 bits per heavy atom. The normalized spacial score (nSPS) is 24.8. The van der Waals surface area contributed by atoms with Crippen molar-refractivity contribution < 1.29 is 13.2 Å². The number of hydrogen-bond donors (Lipinski definition) is 1. The molecule has 2 rings (SSSR count). The van der Waals surface area contributed by atoms with Gasteiger partial charge >= 0.3 is 6.18 Å². The maximum absolute atomic E-state index is 12.8. The monoisotopic (exact) mass is 299 g/mol. The number of hydrogen-bond acceptors (Lipinski definition) is 1. The molecule has 1 saturated carbocycles. The summed E-state index contributed by atoms with van der Waals surface area (Å²) in [7, 11) is 1.91. The summed E-state index contributed by atoms with van der Waals surface area (Å²) in [5.74, 6) is 1.29. The molecule has 1 aliphatic rings. The lowest BCUT2D eigenvalue weighted by Crippen LogP contribution is -2.38. The summed E-state index contributed by atoms with van der Waals surface area (Å²) in [6.07, 6.45) is 1.25. The molecular weight excluding hydrogens is 275 g/mol. The molecule has 3 unspecified atom stereocenters. The Balaban J connectivity index is 2.08. The Hall–Kier alpha value is -1.03. The van der Waals surface area contributed by atoms with Gasteiger partial charge in [0.1, 0.15) is 0 Å². The quantitative estimate of drug-likeness (QED) is 0.852. The van der Waals surface area contributed by atoms with Crippen LogP contribution in [0.3, 0.4) is 0 Å². The third-order valence-electron chi connectivity index (χ3n) is 4.63. The second kappa shape index (κ2) is 6.82. The number of benzene rings is 1. The topological polar surface area (TPSA) is 12.0 Å². The van der Waals surface area contributed by atoms with Crippen molar-refractivity contribution in [3.05, 3.63) is 35.4 Å². The second-order valence-corrected chi connectivity index (χ2v) is 6.33. The average molecular weight is 299 g/mol. The lowest BCUT2D eigenvalue weighted by atomic mass is 9.77. The molecule has 0 radical (unpaired) electrons. The van der Waals surface area contributed by atoms with Crippen molar-refractivity contribution >= 4 is 0 Å². The van der Waals surface area contributed by atoms with Gasteiger partial charge in [-0.05, 0) is 49.8 Å². The predicted molar refractivity (Wildman–Crippen MR) is 79.1 cm³/mol. The van der Waals surface area contributed by atoms with E-state index >= 15 is 0 Å². The first-order valence-corrected chi connectivity index (χ1v) is 7.73. The molecule has 0 bridgehead atoms. The van der Waals surface area contributed by atoms with Crippen LogP contribution in [0.2, 0.25) is 0 Å². The second-order valence-electron chi connectivity index (χ2n) is 6.33. The lowest BCUT2D eigenvalue weighted by Gasteiger charge is -2.33. The van der Waals surface area contributed by atoms with Crippen LogP contribution >= 0.6 is 0 Å². The van der Waals surface area contributed by atoms with Gasteiger partial charge < -0.3 is 5.32 Å². The molecule has 0 aliphatic heterocycles. The van der Waals surface area contributed by atoms with Gasteiger partial charge in [-0.15, -0.1) is 0 Å². The van der Waals surface area contributed by atoms with Gasteiger partial charge in [-0.1, -0.05) is 38.0 Å². The molecule has 0 amide bonds.